The zero-order valence-electron chi connectivity index (χ0n) is 12.8. The van der Waals surface area contributed by atoms with E-state index in [-0.39, 0.29) is 5.91 Å². The number of hydrogen-bond acceptors (Lipinski definition) is 3. The molecule has 1 amide bonds. The molecule has 1 aromatic rings. The molecule has 1 saturated carbocycles. The van der Waals surface area contributed by atoms with Crippen LogP contribution in [0.15, 0.2) is 24.3 Å². The summed E-state index contributed by atoms with van der Waals surface area (Å²) < 4.78 is 0. The molecule has 2 unspecified atom stereocenters. The van der Waals surface area contributed by atoms with Crippen molar-refractivity contribution < 1.29 is 4.79 Å². The summed E-state index contributed by atoms with van der Waals surface area (Å²) in [6, 6.07) is 9.52. The molecule has 1 aliphatic rings. The Kier molecular flexibility index (Phi) is 5.35. The Bertz CT molecular complexity index is 518. The highest BCUT2D eigenvalue weighted by Gasteiger charge is 2.25. The number of hydrogen-bond donors (Lipinski definition) is 1. The van der Waals surface area contributed by atoms with Crippen molar-refractivity contribution in [3.05, 3.63) is 29.8 Å². The van der Waals surface area contributed by atoms with Gasteiger partial charge in [-0.2, -0.15) is 5.26 Å². The maximum Gasteiger partial charge on any atom is 0.238 e. The van der Waals surface area contributed by atoms with Crippen LogP contribution in [-0.2, 0) is 4.79 Å². The largest absolute Gasteiger partial charge is 0.325 e. The summed E-state index contributed by atoms with van der Waals surface area (Å²) >= 11 is 0. The van der Waals surface area contributed by atoms with Crippen LogP contribution in [0.5, 0.6) is 0 Å². The number of rotatable bonds is 4. The third-order valence-electron chi connectivity index (χ3n) is 4.32. The highest BCUT2D eigenvalue weighted by Crippen LogP contribution is 2.27. The van der Waals surface area contributed by atoms with Gasteiger partial charge in [-0.25, -0.2) is 0 Å². The Labute approximate surface area is 126 Å². The molecule has 1 N–H and O–H groups in total. The molecule has 2 atom stereocenters. The number of benzene rings is 1. The van der Waals surface area contributed by atoms with Crippen LogP contribution in [-0.4, -0.2) is 30.4 Å². The van der Waals surface area contributed by atoms with Gasteiger partial charge in [0.1, 0.15) is 0 Å². The minimum Gasteiger partial charge on any atom is -0.325 e. The third-order valence-corrected chi connectivity index (χ3v) is 4.32. The molecule has 0 radical (unpaired) electrons. The molecule has 0 saturated heterocycles. The van der Waals surface area contributed by atoms with Crippen molar-refractivity contribution in [3.63, 3.8) is 0 Å². The number of carbonyl (C=O) groups is 1. The number of nitrogens with zero attached hydrogens (tertiary/aromatic N) is 2. The van der Waals surface area contributed by atoms with Crippen molar-refractivity contribution in [1.29, 1.82) is 5.26 Å². The fourth-order valence-electron chi connectivity index (χ4n) is 3.12. The van der Waals surface area contributed by atoms with Crippen LogP contribution in [0.25, 0.3) is 0 Å². The number of amides is 1. The van der Waals surface area contributed by atoms with Gasteiger partial charge < -0.3 is 5.32 Å². The Morgan fingerprint density at radius 2 is 2.00 bits per heavy atom. The van der Waals surface area contributed by atoms with E-state index in [1.54, 1.807) is 24.3 Å². The van der Waals surface area contributed by atoms with Gasteiger partial charge in [-0.15, -0.1) is 0 Å². The van der Waals surface area contributed by atoms with Crippen molar-refractivity contribution in [2.75, 3.05) is 18.9 Å². The fourth-order valence-corrected chi connectivity index (χ4v) is 3.12. The van der Waals surface area contributed by atoms with E-state index in [0.29, 0.717) is 24.1 Å². The van der Waals surface area contributed by atoms with Crippen molar-refractivity contribution in [1.82, 2.24) is 4.90 Å². The molecule has 0 spiro atoms. The highest BCUT2D eigenvalue weighted by atomic mass is 16.2. The summed E-state index contributed by atoms with van der Waals surface area (Å²) in [6.45, 7) is 2.69. The van der Waals surface area contributed by atoms with Gasteiger partial charge in [-0.1, -0.05) is 19.8 Å². The molecule has 1 aromatic carbocycles. The molecule has 2 rings (SSSR count). The Morgan fingerprint density at radius 3 is 2.62 bits per heavy atom. The third kappa shape index (κ3) is 4.30. The average Bonchev–Trinajstić information content (AvgIpc) is 2.48. The van der Waals surface area contributed by atoms with Crippen LogP contribution < -0.4 is 5.32 Å². The number of nitrogens with one attached hydrogen (secondary N) is 1. The molecular formula is C17H23N3O. The van der Waals surface area contributed by atoms with Gasteiger partial charge in [-0.3, -0.25) is 9.69 Å². The first-order valence-corrected chi connectivity index (χ1v) is 7.60. The first-order valence-electron chi connectivity index (χ1n) is 7.60. The lowest BCUT2D eigenvalue weighted by atomic mass is 9.85. The van der Waals surface area contributed by atoms with Gasteiger partial charge in [0.05, 0.1) is 18.2 Å². The molecular weight excluding hydrogens is 262 g/mol. The first-order chi connectivity index (χ1) is 10.1. The van der Waals surface area contributed by atoms with E-state index in [4.69, 9.17) is 5.26 Å². The van der Waals surface area contributed by atoms with Gasteiger partial charge in [0.25, 0.3) is 0 Å². The van der Waals surface area contributed by atoms with Crippen molar-refractivity contribution in [2.24, 2.45) is 5.92 Å². The maximum absolute atomic E-state index is 12.1. The molecule has 0 aliphatic heterocycles. The zero-order valence-corrected chi connectivity index (χ0v) is 12.8. The number of likely N-dealkylation sites (N-methyl/N-ethyl adjacent to an activating group) is 1. The van der Waals surface area contributed by atoms with Crippen LogP contribution >= 0.6 is 0 Å². The van der Waals surface area contributed by atoms with E-state index >= 15 is 0 Å². The predicted octanol–water partition coefficient (Wildman–Crippen LogP) is 3.01. The van der Waals surface area contributed by atoms with E-state index < -0.39 is 0 Å². The summed E-state index contributed by atoms with van der Waals surface area (Å²) in [5.74, 6) is 0.659. The summed E-state index contributed by atoms with van der Waals surface area (Å²) in [4.78, 5) is 14.3. The van der Waals surface area contributed by atoms with Crippen LogP contribution in [0.4, 0.5) is 5.69 Å². The summed E-state index contributed by atoms with van der Waals surface area (Å²) in [5.41, 5.74) is 1.34. The molecule has 0 heterocycles. The molecule has 1 fully saturated rings. The second-order valence-electron chi connectivity index (χ2n) is 5.98. The van der Waals surface area contributed by atoms with E-state index in [0.717, 1.165) is 5.69 Å². The van der Waals surface area contributed by atoms with Gasteiger partial charge >= 0.3 is 0 Å². The Hall–Kier alpha value is -1.86. The molecule has 0 aromatic heterocycles. The number of anilines is 1. The topological polar surface area (TPSA) is 56.1 Å². The van der Waals surface area contributed by atoms with E-state index in [2.05, 4.69) is 23.2 Å². The second kappa shape index (κ2) is 7.24. The number of nitriles is 1. The summed E-state index contributed by atoms with van der Waals surface area (Å²) in [5, 5.41) is 11.6. The number of carbonyl (C=O) groups excluding carboxylic acids is 1. The van der Waals surface area contributed by atoms with Crippen LogP contribution in [0.3, 0.4) is 0 Å². The fraction of sp³-hybridized carbons (Fsp3) is 0.529. The lowest BCUT2D eigenvalue weighted by molar-refractivity contribution is -0.117. The minimum atomic E-state index is -0.0000175. The van der Waals surface area contributed by atoms with Crippen LogP contribution in [0, 0.1) is 17.2 Å². The van der Waals surface area contributed by atoms with Crippen molar-refractivity contribution in [2.45, 2.75) is 38.6 Å². The highest BCUT2D eigenvalue weighted by molar-refractivity contribution is 5.92. The van der Waals surface area contributed by atoms with Crippen LogP contribution in [0.2, 0.25) is 0 Å². The molecule has 1 aliphatic carbocycles. The molecule has 4 nitrogen and oxygen atoms in total. The Morgan fingerprint density at radius 1 is 1.33 bits per heavy atom. The standard InChI is InChI=1S/C17H23N3O/c1-13-5-3-4-6-16(13)20(2)12-17(21)19-15-9-7-14(11-18)8-10-15/h7-10,13,16H,3-6,12H2,1-2H3,(H,19,21). The van der Waals surface area contributed by atoms with E-state index in [9.17, 15) is 4.79 Å². The molecule has 0 bridgehead atoms. The first kappa shape index (κ1) is 15.5. The SMILES string of the molecule is CC1CCCCC1N(C)CC(=O)Nc1ccc(C#N)cc1. The normalized spacial score (nSPS) is 21.8. The lowest BCUT2D eigenvalue weighted by Gasteiger charge is -2.35. The maximum atomic E-state index is 12.1. The van der Waals surface area contributed by atoms with Crippen molar-refractivity contribution in [3.8, 4) is 6.07 Å². The lowest BCUT2D eigenvalue weighted by Crippen LogP contribution is -2.42. The van der Waals surface area contributed by atoms with Gasteiger partial charge in [-0.05, 0) is 50.1 Å². The summed E-state index contributed by atoms with van der Waals surface area (Å²) in [7, 11) is 2.03. The van der Waals surface area contributed by atoms with Gasteiger partial charge in [0.2, 0.25) is 5.91 Å². The average molecular weight is 285 g/mol. The summed E-state index contributed by atoms with van der Waals surface area (Å²) in [6.07, 6.45) is 5.01. The smallest absolute Gasteiger partial charge is 0.238 e. The monoisotopic (exact) mass is 285 g/mol. The predicted molar refractivity (Wildman–Crippen MR) is 83.8 cm³/mol. The minimum absolute atomic E-state index is 0.0000175. The van der Waals surface area contributed by atoms with Gasteiger partial charge in [0, 0.05) is 11.7 Å². The van der Waals surface area contributed by atoms with Gasteiger partial charge in [0.15, 0.2) is 0 Å². The second-order valence-corrected chi connectivity index (χ2v) is 5.98. The zero-order chi connectivity index (χ0) is 15.2. The molecule has 4 heteroatoms. The van der Waals surface area contributed by atoms with E-state index in [1.807, 2.05) is 7.05 Å². The quantitative estimate of drug-likeness (QED) is 0.925. The van der Waals surface area contributed by atoms with Crippen LogP contribution in [0.1, 0.15) is 38.2 Å². The van der Waals surface area contributed by atoms with Crippen molar-refractivity contribution >= 4 is 11.6 Å². The Balaban J connectivity index is 1.87. The molecule has 21 heavy (non-hydrogen) atoms. The van der Waals surface area contributed by atoms with E-state index in [1.165, 1.54) is 25.7 Å². The molecule has 112 valence electrons.